The molecule has 0 bridgehead atoms. The van der Waals surface area contributed by atoms with Gasteiger partial charge in [-0.1, -0.05) is 52.2 Å². The van der Waals surface area contributed by atoms with Gasteiger partial charge in [0.1, 0.15) is 11.9 Å². The molecule has 0 aromatic heterocycles. The van der Waals surface area contributed by atoms with E-state index in [2.05, 4.69) is 51.2 Å². The molecule has 0 saturated heterocycles. The third-order valence-corrected chi connectivity index (χ3v) is 4.63. The maximum Gasteiger partial charge on any atom is 0.123 e. The molecule has 1 heterocycles. The second-order valence-electron chi connectivity index (χ2n) is 6.35. The van der Waals surface area contributed by atoms with Crippen LogP contribution < -0.4 is 10.1 Å². The van der Waals surface area contributed by atoms with Gasteiger partial charge in [0.2, 0.25) is 0 Å². The molecule has 1 aromatic carbocycles. The Morgan fingerprint density at radius 1 is 1.29 bits per heavy atom. The van der Waals surface area contributed by atoms with Crippen molar-refractivity contribution in [1.82, 2.24) is 5.32 Å². The first-order valence-electron chi connectivity index (χ1n) is 8.72. The van der Waals surface area contributed by atoms with Crippen molar-refractivity contribution in [2.45, 2.75) is 71.9 Å². The van der Waals surface area contributed by atoms with Gasteiger partial charge in [-0.2, -0.15) is 0 Å². The molecule has 1 aliphatic rings. The van der Waals surface area contributed by atoms with Gasteiger partial charge in [0.15, 0.2) is 0 Å². The van der Waals surface area contributed by atoms with Crippen LogP contribution in [0.15, 0.2) is 18.2 Å². The van der Waals surface area contributed by atoms with E-state index in [1.54, 1.807) is 0 Å². The second-order valence-corrected chi connectivity index (χ2v) is 6.35. The predicted molar refractivity (Wildman–Crippen MR) is 90.0 cm³/mol. The Morgan fingerprint density at radius 3 is 2.76 bits per heavy atom. The molecule has 0 spiro atoms. The average molecular weight is 289 g/mol. The lowest BCUT2D eigenvalue weighted by Gasteiger charge is -2.28. The quantitative estimate of drug-likeness (QED) is 0.736. The standard InChI is InChI=1S/C19H31NO/c1-5-8-9-15(6-2)19(20-7-3)16-10-11-18-17(13-16)12-14(4)21-18/h10-11,13-15,19-20H,5-9,12H2,1-4H3. The lowest BCUT2D eigenvalue weighted by molar-refractivity contribution is 0.254. The van der Waals surface area contributed by atoms with Crippen molar-refractivity contribution >= 4 is 0 Å². The minimum Gasteiger partial charge on any atom is -0.490 e. The summed E-state index contributed by atoms with van der Waals surface area (Å²) in [5.74, 6) is 1.81. The van der Waals surface area contributed by atoms with Crippen molar-refractivity contribution in [2.75, 3.05) is 6.54 Å². The van der Waals surface area contributed by atoms with E-state index in [-0.39, 0.29) is 0 Å². The molecule has 0 fully saturated rings. The van der Waals surface area contributed by atoms with E-state index in [0.29, 0.717) is 12.1 Å². The van der Waals surface area contributed by atoms with Crippen molar-refractivity contribution in [3.63, 3.8) is 0 Å². The Kier molecular flexibility index (Phi) is 6.10. The number of unbranched alkanes of at least 4 members (excludes halogenated alkanes) is 1. The molecule has 2 heteroatoms. The molecule has 3 atom stereocenters. The summed E-state index contributed by atoms with van der Waals surface area (Å²) in [6.45, 7) is 9.99. The molecule has 0 radical (unpaired) electrons. The molecule has 1 aromatic rings. The van der Waals surface area contributed by atoms with Crippen LogP contribution in [0.5, 0.6) is 5.75 Å². The minimum atomic E-state index is 0.329. The monoisotopic (exact) mass is 289 g/mol. The summed E-state index contributed by atoms with van der Waals surface area (Å²) in [7, 11) is 0. The van der Waals surface area contributed by atoms with E-state index in [0.717, 1.165) is 24.6 Å². The highest BCUT2D eigenvalue weighted by atomic mass is 16.5. The topological polar surface area (TPSA) is 21.3 Å². The number of nitrogens with one attached hydrogen (secondary N) is 1. The lowest BCUT2D eigenvalue weighted by Crippen LogP contribution is -2.28. The van der Waals surface area contributed by atoms with Gasteiger partial charge < -0.3 is 10.1 Å². The zero-order chi connectivity index (χ0) is 15.2. The van der Waals surface area contributed by atoms with Gasteiger partial charge in [-0.15, -0.1) is 0 Å². The zero-order valence-electron chi connectivity index (χ0n) is 14.1. The molecular weight excluding hydrogens is 258 g/mol. The maximum absolute atomic E-state index is 5.83. The SMILES string of the molecule is CCCCC(CC)C(NCC)c1ccc2c(c1)CC(C)O2. The molecule has 21 heavy (non-hydrogen) atoms. The summed E-state index contributed by atoms with van der Waals surface area (Å²) in [5.41, 5.74) is 2.82. The molecule has 2 rings (SSSR count). The van der Waals surface area contributed by atoms with Crippen molar-refractivity contribution in [3.05, 3.63) is 29.3 Å². The third kappa shape index (κ3) is 4.00. The van der Waals surface area contributed by atoms with E-state index in [4.69, 9.17) is 4.74 Å². The van der Waals surface area contributed by atoms with Gasteiger partial charge in [-0.3, -0.25) is 0 Å². The van der Waals surface area contributed by atoms with Crippen molar-refractivity contribution in [2.24, 2.45) is 5.92 Å². The molecule has 3 unspecified atom stereocenters. The largest absolute Gasteiger partial charge is 0.490 e. The Bertz CT molecular complexity index is 443. The number of benzene rings is 1. The van der Waals surface area contributed by atoms with Crippen LogP contribution in [-0.4, -0.2) is 12.6 Å². The first-order chi connectivity index (χ1) is 10.2. The van der Waals surface area contributed by atoms with E-state index < -0.39 is 0 Å². The second kappa shape index (κ2) is 7.84. The smallest absolute Gasteiger partial charge is 0.123 e. The fourth-order valence-corrected chi connectivity index (χ4v) is 3.48. The number of hydrogen-bond donors (Lipinski definition) is 1. The Morgan fingerprint density at radius 2 is 2.10 bits per heavy atom. The molecule has 118 valence electrons. The van der Waals surface area contributed by atoms with Crippen LogP contribution >= 0.6 is 0 Å². The highest BCUT2D eigenvalue weighted by Gasteiger charge is 2.24. The predicted octanol–water partition coefficient (Wildman–Crippen LogP) is 4.88. The zero-order valence-corrected chi connectivity index (χ0v) is 14.1. The van der Waals surface area contributed by atoms with Gasteiger partial charge >= 0.3 is 0 Å². The molecular formula is C19H31NO. The summed E-state index contributed by atoms with van der Waals surface area (Å²) >= 11 is 0. The van der Waals surface area contributed by atoms with Crippen molar-refractivity contribution < 1.29 is 4.74 Å². The van der Waals surface area contributed by atoms with Crippen LogP contribution in [0, 0.1) is 5.92 Å². The van der Waals surface area contributed by atoms with Gasteiger partial charge in [-0.05, 0) is 43.0 Å². The molecule has 0 saturated carbocycles. The normalized spacial score (nSPS) is 19.9. The molecule has 0 aliphatic carbocycles. The summed E-state index contributed by atoms with van der Waals surface area (Å²) in [4.78, 5) is 0. The van der Waals surface area contributed by atoms with Crippen LogP contribution in [0.3, 0.4) is 0 Å². The van der Waals surface area contributed by atoms with Gasteiger partial charge in [0.25, 0.3) is 0 Å². The van der Waals surface area contributed by atoms with E-state index in [1.165, 1.54) is 36.8 Å². The Hall–Kier alpha value is -1.02. The summed E-state index contributed by atoms with van der Waals surface area (Å²) in [6, 6.07) is 7.29. The van der Waals surface area contributed by atoms with E-state index in [1.807, 2.05) is 0 Å². The average Bonchev–Trinajstić information content (AvgIpc) is 2.85. The Balaban J connectivity index is 2.19. The van der Waals surface area contributed by atoms with Gasteiger partial charge in [-0.25, -0.2) is 0 Å². The van der Waals surface area contributed by atoms with E-state index >= 15 is 0 Å². The third-order valence-electron chi connectivity index (χ3n) is 4.63. The Labute approximate surface area is 130 Å². The molecule has 1 aliphatic heterocycles. The molecule has 1 N–H and O–H groups in total. The highest BCUT2D eigenvalue weighted by Crippen LogP contribution is 2.35. The van der Waals surface area contributed by atoms with Crippen LogP contribution in [0.1, 0.15) is 70.5 Å². The number of fused-ring (bicyclic) bond motifs is 1. The summed E-state index contributed by atoms with van der Waals surface area (Å²) in [5, 5.41) is 3.72. The minimum absolute atomic E-state index is 0.329. The first kappa shape index (κ1) is 16.4. The number of ether oxygens (including phenoxy) is 1. The maximum atomic E-state index is 5.83. The van der Waals surface area contributed by atoms with Crippen molar-refractivity contribution in [3.8, 4) is 5.75 Å². The molecule has 2 nitrogen and oxygen atoms in total. The van der Waals surface area contributed by atoms with Crippen LogP contribution in [0.2, 0.25) is 0 Å². The number of hydrogen-bond acceptors (Lipinski definition) is 2. The summed E-state index contributed by atoms with van der Waals surface area (Å²) < 4.78 is 5.83. The fourth-order valence-electron chi connectivity index (χ4n) is 3.48. The summed E-state index contributed by atoms with van der Waals surface area (Å²) in [6.07, 6.45) is 6.54. The fraction of sp³-hybridized carbons (Fsp3) is 0.684. The molecule has 0 amide bonds. The van der Waals surface area contributed by atoms with Crippen LogP contribution in [0.25, 0.3) is 0 Å². The van der Waals surface area contributed by atoms with Crippen LogP contribution in [-0.2, 0) is 6.42 Å². The highest BCUT2D eigenvalue weighted by molar-refractivity contribution is 5.41. The number of rotatable bonds is 8. The van der Waals surface area contributed by atoms with E-state index in [9.17, 15) is 0 Å². The first-order valence-corrected chi connectivity index (χ1v) is 8.72. The van der Waals surface area contributed by atoms with Gasteiger partial charge in [0, 0.05) is 12.5 Å². The van der Waals surface area contributed by atoms with Crippen molar-refractivity contribution in [1.29, 1.82) is 0 Å². The van der Waals surface area contributed by atoms with Crippen LogP contribution in [0.4, 0.5) is 0 Å². The van der Waals surface area contributed by atoms with Gasteiger partial charge in [0.05, 0.1) is 0 Å². The lowest BCUT2D eigenvalue weighted by atomic mass is 9.86.